The maximum atomic E-state index is 5.71. The quantitative estimate of drug-likeness (QED) is 0.737. The van der Waals surface area contributed by atoms with Crippen molar-refractivity contribution in [2.24, 2.45) is 5.92 Å². The van der Waals surface area contributed by atoms with Crippen LogP contribution in [0.3, 0.4) is 0 Å². The van der Waals surface area contributed by atoms with Crippen molar-refractivity contribution >= 4 is 0 Å². The fourth-order valence-corrected chi connectivity index (χ4v) is 2.16. The summed E-state index contributed by atoms with van der Waals surface area (Å²) in [6.45, 7) is 4.77. The first-order chi connectivity index (χ1) is 6.95. The molecule has 0 saturated carbocycles. The van der Waals surface area contributed by atoms with E-state index in [1.165, 1.54) is 32.2 Å². The summed E-state index contributed by atoms with van der Waals surface area (Å²) in [5.41, 5.74) is 0. The van der Waals surface area contributed by atoms with E-state index < -0.39 is 0 Å². The van der Waals surface area contributed by atoms with E-state index in [1.807, 2.05) is 0 Å². The highest BCUT2D eigenvalue weighted by atomic mass is 16.5. The van der Waals surface area contributed by atoms with Crippen LogP contribution < -0.4 is 5.32 Å². The summed E-state index contributed by atoms with van der Waals surface area (Å²) in [5, 5.41) is 3.49. The summed E-state index contributed by atoms with van der Waals surface area (Å²) >= 11 is 0. The molecular formula is C11H21NO2. The third-order valence-electron chi connectivity index (χ3n) is 3.11. The van der Waals surface area contributed by atoms with Gasteiger partial charge in [-0.25, -0.2) is 0 Å². The van der Waals surface area contributed by atoms with Gasteiger partial charge in [-0.2, -0.15) is 0 Å². The third-order valence-corrected chi connectivity index (χ3v) is 3.11. The molecule has 0 aromatic rings. The van der Waals surface area contributed by atoms with Crippen molar-refractivity contribution in [3.05, 3.63) is 0 Å². The molecule has 0 amide bonds. The minimum atomic E-state index is 0.603. The van der Waals surface area contributed by atoms with E-state index in [9.17, 15) is 0 Å². The Morgan fingerprint density at radius 1 is 1.21 bits per heavy atom. The minimum Gasteiger partial charge on any atom is -0.381 e. The molecule has 0 aromatic heterocycles. The van der Waals surface area contributed by atoms with Gasteiger partial charge >= 0.3 is 0 Å². The second kappa shape index (κ2) is 5.69. The Hall–Kier alpha value is -0.120. The van der Waals surface area contributed by atoms with Crippen molar-refractivity contribution in [1.29, 1.82) is 0 Å². The summed E-state index contributed by atoms with van der Waals surface area (Å²) in [6, 6.07) is 0.603. The minimum absolute atomic E-state index is 0.603. The van der Waals surface area contributed by atoms with Gasteiger partial charge in [-0.05, 0) is 25.8 Å². The van der Waals surface area contributed by atoms with Gasteiger partial charge in [-0.1, -0.05) is 6.42 Å². The van der Waals surface area contributed by atoms with Crippen LogP contribution in [0.25, 0.3) is 0 Å². The van der Waals surface area contributed by atoms with Crippen molar-refractivity contribution in [3.63, 3.8) is 0 Å². The molecule has 2 atom stereocenters. The Balaban J connectivity index is 1.52. The highest BCUT2D eigenvalue weighted by Crippen LogP contribution is 2.13. The van der Waals surface area contributed by atoms with Gasteiger partial charge in [0.05, 0.1) is 19.8 Å². The molecule has 82 valence electrons. The number of nitrogens with one attached hydrogen (secondary N) is 1. The summed E-state index contributed by atoms with van der Waals surface area (Å²) in [4.78, 5) is 0. The zero-order valence-corrected chi connectivity index (χ0v) is 8.84. The first-order valence-electron chi connectivity index (χ1n) is 5.84. The molecule has 0 aliphatic carbocycles. The molecular weight excluding hydrogens is 178 g/mol. The predicted molar refractivity (Wildman–Crippen MR) is 55.4 cm³/mol. The molecule has 3 heteroatoms. The number of ether oxygens (including phenoxy) is 2. The molecule has 0 radical (unpaired) electrons. The lowest BCUT2D eigenvalue weighted by molar-refractivity contribution is 0.0693. The van der Waals surface area contributed by atoms with Crippen LogP contribution in [0.5, 0.6) is 0 Å². The van der Waals surface area contributed by atoms with Crippen LogP contribution in [0, 0.1) is 5.92 Å². The molecule has 2 unspecified atom stereocenters. The molecule has 14 heavy (non-hydrogen) atoms. The maximum absolute atomic E-state index is 5.71. The van der Waals surface area contributed by atoms with E-state index >= 15 is 0 Å². The van der Waals surface area contributed by atoms with Gasteiger partial charge < -0.3 is 14.8 Å². The SMILES string of the molecule is C1CCC(COCC2CCOC2)NC1. The van der Waals surface area contributed by atoms with Crippen LogP contribution in [0.4, 0.5) is 0 Å². The van der Waals surface area contributed by atoms with Crippen LogP contribution in [-0.4, -0.2) is 39.0 Å². The van der Waals surface area contributed by atoms with Crippen LogP contribution in [-0.2, 0) is 9.47 Å². The second-order valence-corrected chi connectivity index (χ2v) is 4.41. The van der Waals surface area contributed by atoms with E-state index in [2.05, 4.69) is 5.32 Å². The van der Waals surface area contributed by atoms with Crippen molar-refractivity contribution in [2.75, 3.05) is 33.0 Å². The molecule has 2 saturated heterocycles. The van der Waals surface area contributed by atoms with Crippen molar-refractivity contribution in [3.8, 4) is 0 Å². The van der Waals surface area contributed by atoms with Crippen molar-refractivity contribution in [1.82, 2.24) is 5.32 Å². The fraction of sp³-hybridized carbons (Fsp3) is 1.00. The molecule has 2 aliphatic heterocycles. The normalized spacial score (nSPS) is 33.4. The average molecular weight is 199 g/mol. The van der Waals surface area contributed by atoms with Crippen LogP contribution >= 0.6 is 0 Å². The van der Waals surface area contributed by atoms with E-state index in [4.69, 9.17) is 9.47 Å². The summed E-state index contributed by atoms with van der Waals surface area (Å²) < 4.78 is 11.0. The topological polar surface area (TPSA) is 30.5 Å². The number of rotatable bonds is 4. The highest BCUT2D eigenvalue weighted by Gasteiger charge is 2.17. The van der Waals surface area contributed by atoms with Crippen molar-refractivity contribution < 1.29 is 9.47 Å². The van der Waals surface area contributed by atoms with Crippen LogP contribution in [0.2, 0.25) is 0 Å². The Labute approximate surface area is 86.2 Å². The first kappa shape index (κ1) is 10.4. The smallest absolute Gasteiger partial charge is 0.0619 e. The number of hydrogen-bond donors (Lipinski definition) is 1. The lowest BCUT2D eigenvalue weighted by atomic mass is 10.1. The molecule has 0 spiro atoms. The van der Waals surface area contributed by atoms with Crippen LogP contribution in [0.1, 0.15) is 25.7 Å². The highest BCUT2D eigenvalue weighted by molar-refractivity contribution is 4.72. The monoisotopic (exact) mass is 199 g/mol. The lowest BCUT2D eigenvalue weighted by Gasteiger charge is -2.23. The molecule has 0 bridgehead atoms. The molecule has 3 nitrogen and oxygen atoms in total. The molecule has 2 aliphatic rings. The summed E-state index contributed by atoms with van der Waals surface area (Å²) in [7, 11) is 0. The average Bonchev–Trinajstić information content (AvgIpc) is 2.72. The van der Waals surface area contributed by atoms with Crippen molar-refractivity contribution in [2.45, 2.75) is 31.7 Å². The number of hydrogen-bond acceptors (Lipinski definition) is 3. The van der Waals surface area contributed by atoms with E-state index in [1.54, 1.807) is 0 Å². The predicted octanol–water partition coefficient (Wildman–Crippen LogP) is 1.18. The molecule has 1 N–H and O–H groups in total. The fourth-order valence-electron chi connectivity index (χ4n) is 2.16. The standard InChI is InChI=1S/C11H21NO2/c1-2-5-12-11(3-1)9-14-8-10-4-6-13-7-10/h10-12H,1-9H2. The second-order valence-electron chi connectivity index (χ2n) is 4.41. The Morgan fingerprint density at radius 2 is 2.21 bits per heavy atom. The molecule has 0 aromatic carbocycles. The van der Waals surface area contributed by atoms with E-state index in [0.29, 0.717) is 12.0 Å². The Bertz CT molecular complexity index is 151. The van der Waals surface area contributed by atoms with E-state index in [0.717, 1.165) is 26.4 Å². The lowest BCUT2D eigenvalue weighted by Crippen LogP contribution is -2.38. The third kappa shape index (κ3) is 3.23. The van der Waals surface area contributed by atoms with E-state index in [-0.39, 0.29) is 0 Å². The Kier molecular flexibility index (Phi) is 4.22. The summed E-state index contributed by atoms with van der Waals surface area (Å²) in [5.74, 6) is 0.651. The summed E-state index contributed by atoms with van der Waals surface area (Å²) in [6.07, 6.45) is 5.14. The zero-order chi connectivity index (χ0) is 9.64. The van der Waals surface area contributed by atoms with Gasteiger partial charge in [-0.15, -0.1) is 0 Å². The van der Waals surface area contributed by atoms with Gasteiger partial charge in [0.25, 0.3) is 0 Å². The molecule has 2 rings (SSSR count). The first-order valence-corrected chi connectivity index (χ1v) is 5.84. The van der Waals surface area contributed by atoms with Gasteiger partial charge in [0.15, 0.2) is 0 Å². The Morgan fingerprint density at radius 3 is 2.93 bits per heavy atom. The van der Waals surface area contributed by atoms with Gasteiger partial charge in [0.1, 0.15) is 0 Å². The van der Waals surface area contributed by atoms with Crippen LogP contribution in [0.15, 0.2) is 0 Å². The number of piperidine rings is 1. The molecule has 2 heterocycles. The van der Waals surface area contributed by atoms with Gasteiger partial charge in [0, 0.05) is 18.6 Å². The molecule has 2 fully saturated rings. The van der Waals surface area contributed by atoms with Gasteiger partial charge in [0.2, 0.25) is 0 Å². The maximum Gasteiger partial charge on any atom is 0.0619 e. The largest absolute Gasteiger partial charge is 0.381 e. The zero-order valence-electron chi connectivity index (χ0n) is 8.84. The van der Waals surface area contributed by atoms with Gasteiger partial charge in [-0.3, -0.25) is 0 Å².